The molecule has 0 spiro atoms. The molecule has 35 nitrogen and oxygen atoms in total. The second kappa shape index (κ2) is 36.5. The first-order valence-corrected chi connectivity index (χ1v) is 34.6. The maximum Gasteiger partial charge on any atom is 0.250 e. The molecule has 0 bridgehead atoms. The van der Waals surface area contributed by atoms with Crippen LogP contribution in [-0.2, 0) is 84.6 Å². The number of rotatable bonds is 35. The van der Waals surface area contributed by atoms with Crippen molar-refractivity contribution in [2.45, 2.75) is 258 Å². The molecule has 0 unspecified atom stereocenters. The van der Waals surface area contributed by atoms with E-state index in [1.165, 1.54) is 87.0 Å². The number of hydrogen-bond donors (Lipinski definition) is 15. The summed E-state index contributed by atoms with van der Waals surface area (Å²) in [6.07, 6.45) is -1.98. The third kappa shape index (κ3) is 24.5. The van der Waals surface area contributed by atoms with Crippen molar-refractivity contribution < 1.29 is 87.9 Å². The van der Waals surface area contributed by atoms with Gasteiger partial charge in [0.1, 0.15) is 69.6 Å². The number of β-amino-alcohol motifs (C(OH)–C–C–N with tert-alkyl or cyclic N) is 2. The molecule has 0 aliphatic carbocycles. The Kier molecular flexibility index (Phi) is 31.2. The van der Waals surface area contributed by atoms with Crippen molar-refractivity contribution in [3.8, 4) is 0 Å². The van der Waals surface area contributed by atoms with E-state index in [1.54, 1.807) is 41.5 Å². The second-order valence-electron chi connectivity index (χ2n) is 31.1. The maximum atomic E-state index is 14.7. The topological polar surface area (TPSA) is 527 Å². The lowest BCUT2D eigenvalue weighted by Crippen LogP contribution is -2.66. The first-order valence-electron chi connectivity index (χ1n) is 34.6. The van der Waals surface area contributed by atoms with Gasteiger partial charge in [-0.1, -0.05) is 77.1 Å². The van der Waals surface area contributed by atoms with Gasteiger partial charge in [-0.25, -0.2) is 4.68 Å². The van der Waals surface area contributed by atoms with E-state index in [1.807, 2.05) is 44.2 Å². The van der Waals surface area contributed by atoms with Gasteiger partial charge in [0.05, 0.1) is 43.1 Å². The number of primary amides is 1. The van der Waals surface area contributed by atoms with E-state index in [-0.39, 0.29) is 55.4 Å². The molecule has 3 heterocycles. The molecule has 2 aromatic rings. The summed E-state index contributed by atoms with van der Waals surface area (Å²) in [4.78, 5) is 193. The SMILES string of the molecule is CC(=O)N[C@H](C(=O)NC(C)(C)C(=O)NC(C)(C)C(=O)N[C@H](C(=O)NCC(=O)N[C@@H](CC(C)C)C(=O)NC(C)(C)c1cn(C(C)(C)C(=O)N2C[C@H](O)C[C@H]2C(=O)N[C@@H](CCC(N)=O)C(=O)NC(C)(C)C(=O)N2C[C@H](O)C[C@H]2C(=O)NC(C)(C)C(=O)N[C@H](CO)Cc2ccccc2)nn1)C(C)C)C(C)C.O. The Labute approximate surface area is 607 Å². The zero-order chi connectivity index (χ0) is 78.4. The van der Waals surface area contributed by atoms with Crippen LogP contribution >= 0.6 is 0 Å². The number of aliphatic hydroxyl groups is 3. The summed E-state index contributed by atoms with van der Waals surface area (Å²) in [6, 6.07) is 0.747. The molecule has 2 saturated heterocycles. The van der Waals surface area contributed by atoms with Crippen LogP contribution in [0.2, 0.25) is 0 Å². The summed E-state index contributed by atoms with van der Waals surface area (Å²) in [7, 11) is 0. The van der Waals surface area contributed by atoms with E-state index in [0.717, 1.165) is 15.4 Å². The molecule has 582 valence electrons. The monoisotopic (exact) mass is 1470 g/mol. The van der Waals surface area contributed by atoms with E-state index >= 15 is 0 Å². The number of nitrogens with two attached hydrogens (primary N) is 1. The predicted octanol–water partition coefficient (Wildman–Crippen LogP) is -3.54. The number of carbonyl (C=O) groups excluding carboxylic acids is 14. The second-order valence-corrected chi connectivity index (χ2v) is 31.1. The van der Waals surface area contributed by atoms with Crippen molar-refractivity contribution in [1.29, 1.82) is 0 Å². The number of amides is 14. The Morgan fingerprint density at radius 3 is 1.61 bits per heavy atom. The van der Waals surface area contributed by atoms with Crippen LogP contribution in [0.15, 0.2) is 36.5 Å². The largest absolute Gasteiger partial charge is 0.412 e. The van der Waals surface area contributed by atoms with Crippen molar-refractivity contribution in [2.75, 3.05) is 26.2 Å². The molecule has 2 aliphatic rings. The number of carbonyl (C=O) groups is 14. The summed E-state index contributed by atoms with van der Waals surface area (Å²) in [5, 5.41) is 69.3. The molecule has 14 amide bonds. The number of aromatic nitrogens is 3. The standard InChI is InChI=1S/C69H111N17O17.H2O/c1-36(2)27-45(74-50(92)31-71-57(97)51(37(3)4)76-60(100)66(12,13)81-61(101)67(14,15)80-58(98)52(38(5)6)72-39(7)88)54(94)77-64(8,9)48-34-86(83-82-48)69(18,19)63(103)85-33-42(89)29-46(85)55(95)75-44(25-26-49(70)91)53(93)78-68(16,17)62(102)84-32-43(90)30-47(84)56(96)79-65(10,11)59(99)73-41(35-87)28-40-23-21-20-22-24-40;/h20-24,34,36-38,41-47,51-52,87,89-90H,25-33,35H2,1-19H3,(H2,70,91)(H,71,97)(H,72,88)(H,73,99)(H,74,92)(H,75,95)(H,76,100)(H,77,94)(H,78,93)(H,79,96)(H,80,98)(H,81,101);1H2/t41-,42+,43+,44-,45-,46-,47-,51-,52-;/m0./s1. The van der Waals surface area contributed by atoms with Crippen LogP contribution in [0, 0.1) is 17.8 Å². The summed E-state index contributed by atoms with van der Waals surface area (Å²) in [6.45, 7) is 27.1. The van der Waals surface area contributed by atoms with Gasteiger partial charge in [0.15, 0.2) is 0 Å². The van der Waals surface area contributed by atoms with Crippen LogP contribution in [0.5, 0.6) is 0 Å². The normalized spacial score (nSPS) is 17.9. The highest BCUT2D eigenvalue weighted by molar-refractivity contribution is 6.01. The number of likely N-dealkylation sites (tertiary alicyclic amines) is 2. The molecule has 0 radical (unpaired) electrons. The lowest BCUT2D eigenvalue weighted by molar-refractivity contribution is -0.147. The number of hydrogen-bond acceptors (Lipinski definition) is 19. The van der Waals surface area contributed by atoms with Crippen molar-refractivity contribution in [3.63, 3.8) is 0 Å². The highest BCUT2D eigenvalue weighted by Gasteiger charge is 2.50. The molecule has 4 rings (SSSR count). The Balaban J connectivity index is 0.0000281. The molecule has 1 aromatic carbocycles. The van der Waals surface area contributed by atoms with Gasteiger partial charge in [0, 0.05) is 39.3 Å². The highest BCUT2D eigenvalue weighted by atomic mass is 16.3. The molecular weight excluding hydrogens is 1350 g/mol. The van der Waals surface area contributed by atoms with Crippen molar-refractivity contribution in [3.05, 3.63) is 47.8 Å². The van der Waals surface area contributed by atoms with E-state index in [4.69, 9.17) is 5.73 Å². The van der Waals surface area contributed by atoms with Gasteiger partial charge in [0.25, 0.3) is 5.91 Å². The summed E-state index contributed by atoms with van der Waals surface area (Å²) >= 11 is 0. The predicted molar refractivity (Wildman–Crippen MR) is 378 cm³/mol. The van der Waals surface area contributed by atoms with Gasteiger partial charge in [0.2, 0.25) is 76.8 Å². The van der Waals surface area contributed by atoms with Crippen LogP contribution < -0.4 is 64.2 Å². The zero-order valence-electron chi connectivity index (χ0n) is 63.3. The Bertz CT molecular complexity index is 3440. The van der Waals surface area contributed by atoms with Crippen molar-refractivity contribution >= 4 is 82.7 Å². The first-order chi connectivity index (χ1) is 47.4. The fourth-order valence-corrected chi connectivity index (χ4v) is 11.6. The average Bonchev–Trinajstić information content (AvgIpc) is 1.58. The van der Waals surface area contributed by atoms with Gasteiger partial charge in [-0.05, 0) is 126 Å². The van der Waals surface area contributed by atoms with Crippen LogP contribution in [0.3, 0.4) is 0 Å². The lowest BCUT2D eigenvalue weighted by Gasteiger charge is -2.36. The van der Waals surface area contributed by atoms with Crippen molar-refractivity contribution in [2.24, 2.45) is 23.5 Å². The molecule has 9 atom stereocenters. The molecule has 2 aliphatic heterocycles. The average molecular weight is 1470 g/mol. The third-order valence-electron chi connectivity index (χ3n) is 17.8. The van der Waals surface area contributed by atoms with E-state index in [2.05, 4.69) is 68.8 Å². The van der Waals surface area contributed by atoms with Gasteiger partial charge in [-0.15, -0.1) is 5.10 Å². The van der Waals surface area contributed by atoms with Gasteiger partial charge in [-0.3, -0.25) is 67.1 Å². The molecule has 2 fully saturated rings. The van der Waals surface area contributed by atoms with Crippen molar-refractivity contribution in [1.82, 2.24) is 83.3 Å². The summed E-state index contributed by atoms with van der Waals surface area (Å²) < 4.78 is 1.19. The smallest absolute Gasteiger partial charge is 0.250 e. The van der Waals surface area contributed by atoms with Gasteiger partial charge in [-0.2, -0.15) is 0 Å². The van der Waals surface area contributed by atoms with E-state index < -0.39 is 202 Å². The van der Waals surface area contributed by atoms with Gasteiger partial charge < -0.3 is 94.8 Å². The van der Waals surface area contributed by atoms with Crippen LogP contribution in [-0.4, -0.2) is 231 Å². The maximum absolute atomic E-state index is 14.7. The Morgan fingerprint density at radius 1 is 0.577 bits per heavy atom. The summed E-state index contributed by atoms with van der Waals surface area (Å²) in [5.74, 6) is -11.6. The molecule has 1 aromatic heterocycles. The fourth-order valence-electron chi connectivity index (χ4n) is 11.6. The minimum Gasteiger partial charge on any atom is -0.412 e. The van der Waals surface area contributed by atoms with Crippen LogP contribution in [0.1, 0.15) is 175 Å². The Hall–Kier alpha value is -9.22. The number of nitrogens with one attached hydrogen (secondary N) is 11. The zero-order valence-corrected chi connectivity index (χ0v) is 63.3. The Morgan fingerprint density at radius 2 is 1.08 bits per heavy atom. The quantitative estimate of drug-likeness (QED) is 0.0318. The number of aliphatic hydroxyl groups excluding tert-OH is 3. The minimum absolute atomic E-state index is 0. The fraction of sp³-hybridized carbons (Fsp3) is 0.681. The molecule has 104 heavy (non-hydrogen) atoms. The van der Waals surface area contributed by atoms with Gasteiger partial charge >= 0.3 is 0 Å². The number of benzene rings is 1. The molecule has 18 N–H and O–H groups in total. The van der Waals surface area contributed by atoms with Crippen LogP contribution in [0.25, 0.3) is 0 Å². The molecular formula is C69H113N17O18. The van der Waals surface area contributed by atoms with E-state index in [9.17, 15) is 82.4 Å². The third-order valence-corrected chi connectivity index (χ3v) is 17.8. The van der Waals surface area contributed by atoms with E-state index in [0.29, 0.717) is 6.42 Å². The highest BCUT2D eigenvalue weighted by Crippen LogP contribution is 2.29. The number of nitrogens with zero attached hydrogens (tertiary/aromatic N) is 5. The van der Waals surface area contributed by atoms with Crippen LogP contribution in [0.4, 0.5) is 0 Å². The lowest BCUT2D eigenvalue weighted by atomic mass is 9.96. The summed E-state index contributed by atoms with van der Waals surface area (Å²) in [5.41, 5.74) is -3.20. The molecule has 35 heteroatoms. The minimum atomic E-state index is -1.86. The first kappa shape index (κ1) is 89.0. The molecule has 0 saturated carbocycles.